The van der Waals surface area contributed by atoms with Crippen LogP contribution in [0.5, 0.6) is 11.6 Å². The Morgan fingerprint density at radius 3 is 2.78 bits per heavy atom. The van der Waals surface area contributed by atoms with E-state index >= 15 is 0 Å². The number of ether oxygens (including phenoxy) is 2. The lowest BCUT2D eigenvalue weighted by Crippen LogP contribution is -2.29. The van der Waals surface area contributed by atoms with Crippen LogP contribution in [-0.2, 0) is 4.74 Å². The number of hydrogen-bond donors (Lipinski definition) is 0. The van der Waals surface area contributed by atoms with E-state index in [1.165, 1.54) is 0 Å². The van der Waals surface area contributed by atoms with E-state index in [0.29, 0.717) is 41.4 Å². The minimum atomic E-state index is -0.362. The van der Waals surface area contributed by atoms with E-state index in [1.807, 2.05) is 19.1 Å². The van der Waals surface area contributed by atoms with Crippen LogP contribution in [0.1, 0.15) is 50.2 Å². The summed E-state index contributed by atoms with van der Waals surface area (Å²) >= 11 is 6.39. The maximum Gasteiger partial charge on any atom is 0.339 e. The fraction of sp³-hybridized carbons (Fsp3) is 0.250. The molecule has 7 nitrogen and oxygen atoms in total. The molecule has 1 unspecified atom stereocenters. The molecule has 3 aromatic rings. The molecule has 164 valence electrons. The van der Waals surface area contributed by atoms with Gasteiger partial charge in [0.2, 0.25) is 5.88 Å². The summed E-state index contributed by atoms with van der Waals surface area (Å²) < 4.78 is 11.2. The van der Waals surface area contributed by atoms with E-state index < -0.39 is 0 Å². The summed E-state index contributed by atoms with van der Waals surface area (Å²) in [5, 5.41) is 0.273. The van der Waals surface area contributed by atoms with Crippen LogP contribution in [0.15, 0.2) is 48.7 Å². The van der Waals surface area contributed by atoms with Crippen molar-refractivity contribution in [2.45, 2.75) is 26.4 Å². The van der Waals surface area contributed by atoms with Crippen LogP contribution >= 0.6 is 11.6 Å². The summed E-state index contributed by atoms with van der Waals surface area (Å²) in [5.74, 6) is 0.299. The third kappa shape index (κ3) is 4.43. The van der Waals surface area contributed by atoms with Crippen molar-refractivity contribution >= 4 is 23.5 Å². The van der Waals surface area contributed by atoms with Crippen LogP contribution in [0.25, 0.3) is 0 Å². The highest BCUT2D eigenvalue weighted by atomic mass is 35.5. The van der Waals surface area contributed by atoms with Gasteiger partial charge < -0.3 is 14.4 Å². The fourth-order valence-corrected chi connectivity index (χ4v) is 3.76. The zero-order valence-corrected chi connectivity index (χ0v) is 18.7. The molecule has 2 heterocycles. The number of esters is 1. The van der Waals surface area contributed by atoms with Gasteiger partial charge in [0, 0.05) is 37.8 Å². The Balaban J connectivity index is 1.42. The summed E-state index contributed by atoms with van der Waals surface area (Å²) in [6.45, 7) is 4.03. The van der Waals surface area contributed by atoms with Crippen LogP contribution in [0.2, 0.25) is 5.02 Å². The maximum atomic E-state index is 12.9. The first-order valence-electron chi connectivity index (χ1n) is 10.2. The Hall–Kier alpha value is -3.45. The van der Waals surface area contributed by atoms with Gasteiger partial charge >= 0.3 is 5.97 Å². The van der Waals surface area contributed by atoms with Crippen LogP contribution in [0, 0.1) is 13.8 Å². The Labute approximate surface area is 191 Å². The third-order valence-corrected chi connectivity index (χ3v) is 5.58. The van der Waals surface area contributed by atoms with Gasteiger partial charge in [-0.1, -0.05) is 29.8 Å². The van der Waals surface area contributed by atoms with E-state index in [9.17, 15) is 9.59 Å². The fourth-order valence-electron chi connectivity index (χ4n) is 3.51. The molecule has 1 aliphatic rings. The number of rotatable bonds is 6. The Morgan fingerprint density at radius 1 is 1.22 bits per heavy atom. The number of aryl methyl sites for hydroxylation is 2. The molecule has 1 aromatic heterocycles. The van der Waals surface area contributed by atoms with Crippen molar-refractivity contribution in [3.63, 3.8) is 0 Å². The van der Waals surface area contributed by atoms with Crippen molar-refractivity contribution in [3.8, 4) is 11.6 Å². The summed E-state index contributed by atoms with van der Waals surface area (Å²) in [6.07, 6.45) is 1.80. The molecule has 0 aliphatic carbocycles. The largest absolute Gasteiger partial charge is 0.454 e. The second kappa shape index (κ2) is 8.96. The smallest absolute Gasteiger partial charge is 0.339 e. The summed E-state index contributed by atoms with van der Waals surface area (Å²) in [7, 11) is 1.69. The monoisotopic (exact) mass is 451 g/mol. The minimum absolute atomic E-state index is 0.231. The first-order valence-corrected chi connectivity index (χ1v) is 10.5. The lowest BCUT2D eigenvalue weighted by Gasteiger charge is -2.20. The molecule has 4 rings (SSSR count). The number of amides is 1. The van der Waals surface area contributed by atoms with Crippen LogP contribution in [0.3, 0.4) is 0 Å². The first-order chi connectivity index (χ1) is 15.3. The number of carbonyl (C=O) groups excluding carboxylic acids is 2. The van der Waals surface area contributed by atoms with Crippen LogP contribution < -0.4 is 4.74 Å². The first kappa shape index (κ1) is 21.8. The van der Waals surface area contributed by atoms with E-state index in [0.717, 1.165) is 11.3 Å². The Morgan fingerprint density at radius 2 is 2.00 bits per heavy atom. The van der Waals surface area contributed by atoms with Crippen molar-refractivity contribution in [1.82, 2.24) is 14.9 Å². The van der Waals surface area contributed by atoms with E-state index in [1.54, 1.807) is 55.4 Å². The number of fused-ring (bicyclic) bond motifs is 1. The predicted octanol–water partition coefficient (Wildman–Crippen LogP) is 4.91. The van der Waals surface area contributed by atoms with E-state index in [2.05, 4.69) is 9.97 Å². The van der Waals surface area contributed by atoms with Crippen molar-refractivity contribution in [2.75, 3.05) is 13.6 Å². The van der Waals surface area contributed by atoms with Crippen LogP contribution in [-0.4, -0.2) is 40.3 Å². The quantitative estimate of drug-likeness (QED) is 0.495. The second-order valence-corrected chi connectivity index (χ2v) is 8.05. The summed E-state index contributed by atoms with van der Waals surface area (Å²) in [4.78, 5) is 35.0. The highest BCUT2D eigenvalue weighted by Gasteiger charge is 2.30. The number of halogens is 1. The number of cyclic esters (lactones) is 1. The lowest BCUT2D eigenvalue weighted by molar-refractivity contribution is 0.0349. The third-order valence-electron chi connectivity index (χ3n) is 5.27. The molecular formula is C24H22ClN3O4. The molecule has 8 heteroatoms. The molecule has 0 bridgehead atoms. The number of benzene rings is 2. The Kier molecular flexibility index (Phi) is 6.10. The Bertz CT molecular complexity index is 1200. The van der Waals surface area contributed by atoms with Crippen molar-refractivity contribution in [2.24, 2.45) is 0 Å². The molecule has 0 N–H and O–H groups in total. The molecule has 0 saturated carbocycles. The average molecular weight is 452 g/mol. The molecule has 0 fully saturated rings. The van der Waals surface area contributed by atoms with Gasteiger partial charge in [0.05, 0.1) is 27.5 Å². The normalized spacial score (nSPS) is 14.6. The van der Waals surface area contributed by atoms with Gasteiger partial charge in [0.25, 0.3) is 5.91 Å². The van der Waals surface area contributed by atoms with Gasteiger partial charge in [-0.3, -0.25) is 9.78 Å². The summed E-state index contributed by atoms with van der Waals surface area (Å²) in [6, 6.07) is 12.2. The van der Waals surface area contributed by atoms with Gasteiger partial charge in [0.1, 0.15) is 11.9 Å². The number of carbonyl (C=O) groups is 2. The summed E-state index contributed by atoms with van der Waals surface area (Å²) in [5.41, 5.74) is 3.19. The zero-order valence-electron chi connectivity index (χ0n) is 18.0. The highest BCUT2D eigenvalue weighted by molar-refractivity contribution is 6.34. The maximum absolute atomic E-state index is 12.9. The zero-order chi connectivity index (χ0) is 22.8. The topological polar surface area (TPSA) is 81.6 Å². The molecule has 1 amide bonds. The molecule has 32 heavy (non-hydrogen) atoms. The number of nitrogens with zero attached hydrogens (tertiary/aromatic N) is 3. The second-order valence-electron chi connectivity index (χ2n) is 7.64. The molecule has 0 radical (unpaired) electrons. The van der Waals surface area contributed by atoms with Crippen molar-refractivity contribution < 1.29 is 19.1 Å². The molecule has 1 atom stereocenters. The number of hydrogen-bond acceptors (Lipinski definition) is 6. The molecular weight excluding hydrogens is 430 g/mol. The molecule has 0 saturated heterocycles. The minimum Gasteiger partial charge on any atom is -0.454 e. The molecule has 0 spiro atoms. The van der Waals surface area contributed by atoms with Gasteiger partial charge in [-0.2, -0.15) is 0 Å². The molecule has 1 aliphatic heterocycles. The average Bonchev–Trinajstić information content (AvgIpc) is 3.10. The van der Waals surface area contributed by atoms with Gasteiger partial charge in [0.15, 0.2) is 0 Å². The predicted molar refractivity (Wildman–Crippen MR) is 119 cm³/mol. The molecule has 2 aromatic carbocycles. The SMILES string of the molecule is Cc1cnc(C)c(Oc2ccc(C(=O)N(C)CCC3OC(=O)c4ccccc43)c(Cl)c2)n1. The van der Waals surface area contributed by atoms with Gasteiger partial charge in [-0.25, -0.2) is 9.78 Å². The lowest BCUT2D eigenvalue weighted by atomic mass is 10.0. The van der Waals surface area contributed by atoms with Gasteiger partial charge in [-0.05, 0) is 32.0 Å². The highest BCUT2D eigenvalue weighted by Crippen LogP contribution is 2.33. The van der Waals surface area contributed by atoms with Crippen molar-refractivity contribution in [3.05, 3.63) is 81.8 Å². The van der Waals surface area contributed by atoms with E-state index in [-0.39, 0.29) is 23.0 Å². The number of aromatic nitrogens is 2. The van der Waals surface area contributed by atoms with Gasteiger partial charge in [-0.15, -0.1) is 0 Å². The van der Waals surface area contributed by atoms with Crippen LogP contribution in [0.4, 0.5) is 0 Å². The standard InChI is InChI=1S/C24H22ClN3O4/c1-14-13-26-15(2)22(27-14)31-16-8-9-19(20(25)12-16)23(29)28(3)11-10-21-17-6-4-5-7-18(17)24(30)32-21/h4-9,12-13,21H,10-11H2,1-3H3. The van der Waals surface area contributed by atoms with E-state index in [4.69, 9.17) is 21.1 Å². The van der Waals surface area contributed by atoms with Crippen molar-refractivity contribution in [1.29, 1.82) is 0 Å².